The topological polar surface area (TPSA) is 81.6 Å². The lowest BCUT2D eigenvalue weighted by Gasteiger charge is -2.33. The summed E-state index contributed by atoms with van der Waals surface area (Å²) in [5.74, 6) is 0. The van der Waals surface area contributed by atoms with Crippen LogP contribution in [0, 0.1) is 17.0 Å². The third kappa shape index (κ3) is 4.15. The molecule has 2 rings (SSSR count). The summed E-state index contributed by atoms with van der Waals surface area (Å²) in [6.45, 7) is 4.88. The molecule has 1 aliphatic heterocycles. The highest BCUT2D eigenvalue weighted by Gasteiger charge is 2.25. The third-order valence-electron chi connectivity index (χ3n) is 3.81. The highest BCUT2D eigenvalue weighted by atomic mass is 16.6. The highest BCUT2D eigenvalue weighted by Crippen LogP contribution is 2.31. The van der Waals surface area contributed by atoms with E-state index in [4.69, 9.17) is 10.5 Å². The Kier molecular flexibility index (Phi) is 5.52. The maximum Gasteiger partial charge on any atom is 0.292 e. The Morgan fingerprint density at radius 2 is 2.14 bits per heavy atom. The minimum Gasteiger partial charge on any atom is -0.378 e. The summed E-state index contributed by atoms with van der Waals surface area (Å²) < 4.78 is 5.77. The van der Waals surface area contributed by atoms with Crippen LogP contribution in [0.5, 0.6) is 0 Å². The maximum absolute atomic E-state index is 11.2. The summed E-state index contributed by atoms with van der Waals surface area (Å²) in [7, 11) is 0. The van der Waals surface area contributed by atoms with Gasteiger partial charge in [-0.3, -0.25) is 10.1 Å². The first kappa shape index (κ1) is 15.7. The van der Waals surface area contributed by atoms with Crippen molar-refractivity contribution in [3.05, 3.63) is 33.9 Å². The minimum atomic E-state index is -0.307. The molecule has 1 aromatic rings. The second-order valence-electron chi connectivity index (χ2n) is 5.45. The van der Waals surface area contributed by atoms with Gasteiger partial charge >= 0.3 is 0 Å². The normalized spacial score (nSPS) is 16.2. The van der Waals surface area contributed by atoms with Crippen LogP contribution in [0.1, 0.15) is 24.8 Å². The Hall–Kier alpha value is -1.66. The number of piperidine rings is 1. The van der Waals surface area contributed by atoms with Gasteiger partial charge in [-0.1, -0.05) is 6.07 Å². The molecule has 21 heavy (non-hydrogen) atoms. The second-order valence-corrected chi connectivity index (χ2v) is 5.45. The maximum atomic E-state index is 11.2. The minimum absolute atomic E-state index is 0.183. The van der Waals surface area contributed by atoms with E-state index in [0.717, 1.165) is 43.6 Å². The largest absolute Gasteiger partial charge is 0.378 e. The second kappa shape index (κ2) is 7.38. The number of nitrogens with zero attached hydrogens (tertiary/aromatic N) is 2. The van der Waals surface area contributed by atoms with Gasteiger partial charge in [-0.05, 0) is 44.4 Å². The molecule has 1 saturated heterocycles. The van der Waals surface area contributed by atoms with E-state index in [1.54, 1.807) is 12.1 Å². The zero-order valence-corrected chi connectivity index (χ0v) is 12.5. The number of hydrogen-bond acceptors (Lipinski definition) is 5. The fraction of sp³-hybridized carbons (Fsp3) is 0.600. The van der Waals surface area contributed by atoms with Crippen LogP contribution in [0.4, 0.5) is 11.4 Å². The van der Waals surface area contributed by atoms with Crippen LogP contribution < -0.4 is 10.6 Å². The molecule has 1 aliphatic rings. The predicted molar refractivity (Wildman–Crippen MR) is 82.7 cm³/mol. The molecule has 1 fully saturated rings. The molecular formula is C15H23N3O3. The van der Waals surface area contributed by atoms with Crippen LogP contribution in [-0.2, 0) is 4.74 Å². The van der Waals surface area contributed by atoms with Gasteiger partial charge < -0.3 is 15.4 Å². The van der Waals surface area contributed by atoms with Crippen LogP contribution in [-0.4, -0.2) is 37.3 Å². The van der Waals surface area contributed by atoms with Crippen molar-refractivity contribution in [3.63, 3.8) is 0 Å². The van der Waals surface area contributed by atoms with Gasteiger partial charge in [0.1, 0.15) is 5.69 Å². The van der Waals surface area contributed by atoms with Crippen molar-refractivity contribution in [3.8, 4) is 0 Å². The van der Waals surface area contributed by atoms with E-state index in [0.29, 0.717) is 13.2 Å². The van der Waals surface area contributed by atoms with Crippen LogP contribution in [0.25, 0.3) is 0 Å². The Balaban J connectivity index is 1.99. The van der Waals surface area contributed by atoms with E-state index in [1.165, 1.54) is 0 Å². The number of rotatable bonds is 6. The van der Waals surface area contributed by atoms with Crippen LogP contribution >= 0.6 is 0 Å². The summed E-state index contributed by atoms with van der Waals surface area (Å²) in [5, 5.41) is 11.2. The molecule has 0 bridgehead atoms. The van der Waals surface area contributed by atoms with E-state index in [9.17, 15) is 10.1 Å². The summed E-state index contributed by atoms with van der Waals surface area (Å²) in [5.41, 5.74) is 7.39. The number of nitro groups is 1. The van der Waals surface area contributed by atoms with Crippen molar-refractivity contribution in [2.24, 2.45) is 5.73 Å². The molecule has 0 aromatic heterocycles. The lowest BCUT2D eigenvalue weighted by molar-refractivity contribution is -0.384. The fourth-order valence-corrected chi connectivity index (χ4v) is 2.64. The summed E-state index contributed by atoms with van der Waals surface area (Å²) in [6, 6.07) is 5.27. The van der Waals surface area contributed by atoms with Crippen molar-refractivity contribution >= 4 is 11.4 Å². The molecule has 0 unspecified atom stereocenters. The summed E-state index contributed by atoms with van der Waals surface area (Å²) in [6.07, 6.45) is 2.92. The van der Waals surface area contributed by atoms with E-state index in [2.05, 4.69) is 4.90 Å². The molecule has 6 heteroatoms. The zero-order chi connectivity index (χ0) is 15.2. The number of aryl methyl sites for hydroxylation is 1. The Morgan fingerprint density at radius 3 is 2.76 bits per heavy atom. The molecule has 0 spiro atoms. The molecular weight excluding hydrogens is 270 g/mol. The summed E-state index contributed by atoms with van der Waals surface area (Å²) in [4.78, 5) is 12.9. The van der Waals surface area contributed by atoms with Gasteiger partial charge in [-0.2, -0.15) is 0 Å². The van der Waals surface area contributed by atoms with Gasteiger partial charge in [-0.25, -0.2) is 0 Å². The molecule has 1 aromatic carbocycles. The summed E-state index contributed by atoms with van der Waals surface area (Å²) >= 11 is 0. The quantitative estimate of drug-likeness (QED) is 0.494. The van der Waals surface area contributed by atoms with E-state index in [-0.39, 0.29) is 16.7 Å². The standard InChI is InChI=1S/C15H23N3O3/c1-12-3-4-14(18(19)20)15(11-12)17-8-5-13(6-9-17)21-10-2-7-16/h3-4,11,13H,2,5-10,16H2,1H3. The van der Waals surface area contributed by atoms with Gasteiger partial charge in [0, 0.05) is 25.8 Å². The van der Waals surface area contributed by atoms with E-state index in [1.807, 2.05) is 13.0 Å². The van der Waals surface area contributed by atoms with Crippen LogP contribution in [0.15, 0.2) is 18.2 Å². The molecule has 0 saturated carbocycles. The van der Waals surface area contributed by atoms with Crippen molar-refractivity contribution in [2.75, 3.05) is 31.1 Å². The van der Waals surface area contributed by atoms with Gasteiger partial charge in [0.2, 0.25) is 0 Å². The van der Waals surface area contributed by atoms with Crippen molar-refractivity contribution in [2.45, 2.75) is 32.3 Å². The van der Waals surface area contributed by atoms with Gasteiger partial charge in [-0.15, -0.1) is 0 Å². The number of nitrogens with two attached hydrogens (primary N) is 1. The SMILES string of the molecule is Cc1ccc([N+](=O)[O-])c(N2CCC(OCCCN)CC2)c1. The molecule has 0 atom stereocenters. The van der Waals surface area contributed by atoms with E-state index < -0.39 is 0 Å². The molecule has 2 N–H and O–H groups in total. The number of nitro benzene ring substituents is 1. The lowest BCUT2D eigenvalue weighted by Crippen LogP contribution is -2.37. The van der Waals surface area contributed by atoms with Gasteiger partial charge in [0.15, 0.2) is 0 Å². The molecule has 116 valence electrons. The number of benzene rings is 1. The number of hydrogen-bond donors (Lipinski definition) is 1. The lowest BCUT2D eigenvalue weighted by atomic mass is 10.1. The number of ether oxygens (including phenoxy) is 1. The molecule has 1 heterocycles. The highest BCUT2D eigenvalue weighted by molar-refractivity contribution is 5.64. The van der Waals surface area contributed by atoms with E-state index >= 15 is 0 Å². The first-order chi connectivity index (χ1) is 10.1. The van der Waals surface area contributed by atoms with Crippen LogP contribution in [0.3, 0.4) is 0 Å². The monoisotopic (exact) mass is 293 g/mol. The molecule has 6 nitrogen and oxygen atoms in total. The smallest absolute Gasteiger partial charge is 0.292 e. The van der Waals surface area contributed by atoms with Crippen LogP contribution in [0.2, 0.25) is 0 Å². The first-order valence-corrected chi connectivity index (χ1v) is 7.43. The van der Waals surface area contributed by atoms with Crippen molar-refractivity contribution in [1.82, 2.24) is 0 Å². The van der Waals surface area contributed by atoms with Crippen molar-refractivity contribution in [1.29, 1.82) is 0 Å². The Bertz CT molecular complexity index is 485. The van der Waals surface area contributed by atoms with Crippen molar-refractivity contribution < 1.29 is 9.66 Å². The average Bonchev–Trinajstić information content (AvgIpc) is 2.48. The Morgan fingerprint density at radius 1 is 1.43 bits per heavy atom. The van der Waals surface area contributed by atoms with Gasteiger partial charge in [0.25, 0.3) is 5.69 Å². The van der Waals surface area contributed by atoms with Gasteiger partial charge in [0.05, 0.1) is 11.0 Å². The fourth-order valence-electron chi connectivity index (χ4n) is 2.64. The molecule has 0 amide bonds. The first-order valence-electron chi connectivity index (χ1n) is 7.43. The molecule has 0 aliphatic carbocycles. The molecule has 0 radical (unpaired) electrons. The predicted octanol–water partition coefficient (Wildman–Crippen LogP) is 2.24. The average molecular weight is 293 g/mol. The third-order valence-corrected chi connectivity index (χ3v) is 3.81. The zero-order valence-electron chi connectivity index (χ0n) is 12.5. The Labute approximate surface area is 125 Å². The number of anilines is 1.